The van der Waals surface area contributed by atoms with E-state index in [0.717, 1.165) is 31.6 Å². The first-order valence-electron chi connectivity index (χ1n) is 12.0. The molecule has 4 nitrogen and oxygen atoms in total. The second kappa shape index (κ2) is 7.98. The van der Waals surface area contributed by atoms with Gasteiger partial charge in [0.1, 0.15) is 11.2 Å². The van der Waals surface area contributed by atoms with E-state index in [2.05, 4.69) is 83.6 Å². The molecule has 1 spiro atoms. The highest BCUT2D eigenvalue weighted by molar-refractivity contribution is 5.95. The van der Waals surface area contributed by atoms with E-state index in [4.69, 9.17) is 0 Å². The Bertz CT molecular complexity index is 903. The van der Waals surface area contributed by atoms with Gasteiger partial charge in [0, 0.05) is 24.8 Å². The molecular weight excluding hydrogens is 382 g/mol. The Hall–Kier alpha value is -2.33. The molecule has 164 valence electrons. The third-order valence-electron chi connectivity index (χ3n) is 7.89. The number of rotatable bonds is 3. The Kier molecular flexibility index (Phi) is 5.29. The minimum atomic E-state index is -0.446. The fraction of sp³-hybridized carbons (Fsp3) is 0.519. The molecule has 1 aliphatic carbocycles. The Morgan fingerprint density at radius 1 is 0.871 bits per heavy atom. The largest absolute Gasteiger partial charge is 0.334 e. The fourth-order valence-corrected chi connectivity index (χ4v) is 6.55. The maximum absolute atomic E-state index is 13.3. The minimum Gasteiger partial charge on any atom is -0.334 e. The van der Waals surface area contributed by atoms with Crippen LogP contribution in [-0.2, 0) is 4.79 Å². The van der Waals surface area contributed by atoms with Gasteiger partial charge in [-0.15, -0.1) is 0 Å². The highest BCUT2D eigenvalue weighted by Crippen LogP contribution is 2.44. The van der Waals surface area contributed by atoms with E-state index in [1.165, 1.54) is 31.2 Å². The molecule has 2 atom stereocenters. The lowest BCUT2D eigenvalue weighted by Gasteiger charge is -2.50. The Morgan fingerprint density at radius 2 is 1.48 bits per heavy atom. The highest BCUT2D eigenvalue weighted by atomic mass is 16.2. The summed E-state index contributed by atoms with van der Waals surface area (Å²) in [5, 5.41) is 3.30. The van der Waals surface area contributed by atoms with Crippen LogP contribution >= 0.6 is 0 Å². The first-order valence-corrected chi connectivity index (χ1v) is 12.0. The van der Waals surface area contributed by atoms with Crippen LogP contribution in [0.4, 0.5) is 5.69 Å². The SMILES string of the molecule is CC1(C)NC(=O)C2(CCN(C3CCCCC3c3ccccc3)CC2)N1c1ccccc1. The average Bonchev–Trinajstić information content (AvgIpc) is 2.99. The molecule has 5 rings (SSSR count). The number of benzene rings is 2. The number of hydrogen-bond acceptors (Lipinski definition) is 3. The van der Waals surface area contributed by atoms with Crippen molar-refractivity contribution in [3.8, 4) is 0 Å². The average molecular weight is 418 g/mol. The third-order valence-corrected chi connectivity index (χ3v) is 7.89. The van der Waals surface area contributed by atoms with Crippen LogP contribution in [0.1, 0.15) is 63.9 Å². The van der Waals surface area contributed by atoms with E-state index >= 15 is 0 Å². The minimum absolute atomic E-state index is 0.198. The van der Waals surface area contributed by atoms with Gasteiger partial charge in [0.2, 0.25) is 5.91 Å². The second-order valence-electron chi connectivity index (χ2n) is 10.1. The molecule has 1 amide bonds. The third kappa shape index (κ3) is 3.55. The molecule has 2 aliphatic heterocycles. The lowest BCUT2D eigenvalue weighted by Crippen LogP contribution is -2.61. The van der Waals surface area contributed by atoms with Gasteiger partial charge >= 0.3 is 0 Å². The number of piperidine rings is 1. The van der Waals surface area contributed by atoms with E-state index in [-0.39, 0.29) is 11.6 Å². The Balaban J connectivity index is 1.39. The van der Waals surface area contributed by atoms with Crippen LogP contribution < -0.4 is 10.2 Å². The van der Waals surface area contributed by atoms with E-state index in [9.17, 15) is 4.79 Å². The summed E-state index contributed by atoms with van der Waals surface area (Å²) in [5.74, 6) is 0.812. The van der Waals surface area contributed by atoms with E-state index in [1.54, 1.807) is 0 Å². The smallest absolute Gasteiger partial charge is 0.247 e. The molecule has 1 saturated carbocycles. The lowest BCUT2D eigenvalue weighted by atomic mass is 9.77. The van der Waals surface area contributed by atoms with E-state index < -0.39 is 5.54 Å². The lowest BCUT2D eigenvalue weighted by molar-refractivity contribution is -0.125. The summed E-state index contributed by atoms with van der Waals surface area (Å²) >= 11 is 0. The summed E-state index contributed by atoms with van der Waals surface area (Å²) in [7, 11) is 0. The van der Waals surface area contributed by atoms with Crippen LogP contribution in [0.15, 0.2) is 60.7 Å². The molecular formula is C27H35N3O. The summed E-state index contributed by atoms with van der Waals surface area (Å²) in [6.45, 7) is 6.23. The second-order valence-corrected chi connectivity index (χ2v) is 10.1. The number of anilines is 1. The molecule has 3 aliphatic rings. The molecule has 2 unspecified atom stereocenters. The number of carbonyl (C=O) groups excluding carboxylic acids is 1. The standard InChI is InChI=1S/C27H35N3O/c1-26(2)28-25(31)27(30(26)22-13-7-4-8-14-22)17-19-29(20-18-27)24-16-10-9-15-23(24)21-11-5-3-6-12-21/h3-8,11-14,23-24H,9-10,15-20H2,1-2H3,(H,28,31). The number of amides is 1. The number of carbonyl (C=O) groups is 1. The maximum atomic E-state index is 13.3. The van der Waals surface area contributed by atoms with Gasteiger partial charge < -0.3 is 10.2 Å². The maximum Gasteiger partial charge on any atom is 0.247 e. The molecule has 2 heterocycles. The van der Waals surface area contributed by atoms with Crippen molar-refractivity contribution in [1.82, 2.24) is 10.2 Å². The first kappa shape index (κ1) is 20.6. The number of nitrogens with zero attached hydrogens (tertiary/aromatic N) is 2. The van der Waals surface area contributed by atoms with Crippen LogP contribution in [0.5, 0.6) is 0 Å². The fourth-order valence-electron chi connectivity index (χ4n) is 6.55. The van der Waals surface area contributed by atoms with Crippen molar-refractivity contribution in [2.45, 2.75) is 75.5 Å². The molecule has 0 aromatic heterocycles. The van der Waals surface area contributed by atoms with Crippen molar-refractivity contribution in [3.63, 3.8) is 0 Å². The molecule has 31 heavy (non-hydrogen) atoms. The summed E-state index contributed by atoms with van der Waals surface area (Å²) in [5.41, 5.74) is 1.80. The van der Waals surface area contributed by atoms with Crippen molar-refractivity contribution < 1.29 is 4.79 Å². The van der Waals surface area contributed by atoms with Gasteiger partial charge in [0.15, 0.2) is 0 Å². The van der Waals surface area contributed by atoms with Crippen LogP contribution in [-0.4, -0.2) is 41.1 Å². The molecule has 0 radical (unpaired) electrons. The zero-order valence-electron chi connectivity index (χ0n) is 18.9. The molecule has 0 bridgehead atoms. The van der Waals surface area contributed by atoms with Gasteiger partial charge in [-0.25, -0.2) is 0 Å². The number of nitrogens with one attached hydrogen (secondary N) is 1. The van der Waals surface area contributed by atoms with Crippen molar-refractivity contribution in [2.75, 3.05) is 18.0 Å². The quantitative estimate of drug-likeness (QED) is 0.770. The van der Waals surface area contributed by atoms with E-state index in [1.807, 2.05) is 6.07 Å². The molecule has 2 saturated heterocycles. The summed E-state index contributed by atoms with van der Waals surface area (Å²) in [4.78, 5) is 18.4. The molecule has 2 aromatic carbocycles. The summed E-state index contributed by atoms with van der Waals surface area (Å²) in [6, 6.07) is 22.1. The van der Waals surface area contributed by atoms with Crippen LogP contribution in [0.2, 0.25) is 0 Å². The number of para-hydroxylation sites is 1. The van der Waals surface area contributed by atoms with Gasteiger partial charge in [-0.1, -0.05) is 61.4 Å². The number of likely N-dealkylation sites (tertiary alicyclic amines) is 1. The van der Waals surface area contributed by atoms with Gasteiger partial charge in [0.05, 0.1) is 0 Å². The van der Waals surface area contributed by atoms with Gasteiger partial charge in [-0.05, 0) is 63.1 Å². The summed E-state index contributed by atoms with van der Waals surface area (Å²) in [6.07, 6.45) is 6.96. The Morgan fingerprint density at radius 3 is 2.16 bits per heavy atom. The number of hydrogen-bond donors (Lipinski definition) is 1. The van der Waals surface area contributed by atoms with Crippen molar-refractivity contribution >= 4 is 11.6 Å². The molecule has 1 N–H and O–H groups in total. The Labute approximate surface area is 186 Å². The predicted molar refractivity (Wildman–Crippen MR) is 126 cm³/mol. The molecule has 3 fully saturated rings. The van der Waals surface area contributed by atoms with Crippen LogP contribution in [0.3, 0.4) is 0 Å². The zero-order chi connectivity index (χ0) is 21.5. The highest BCUT2D eigenvalue weighted by Gasteiger charge is 2.58. The van der Waals surface area contributed by atoms with Crippen molar-refractivity contribution in [1.29, 1.82) is 0 Å². The predicted octanol–water partition coefficient (Wildman–Crippen LogP) is 4.92. The van der Waals surface area contributed by atoms with Crippen molar-refractivity contribution in [3.05, 3.63) is 66.2 Å². The first-order chi connectivity index (χ1) is 15.0. The van der Waals surface area contributed by atoms with Gasteiger partial charge in [0.25, 0.3) is 0 Å². The normalized spacial score (nSPS) is 27.9. The molecule has 2 aromatic rings. The molecule has 4 heteroatoms. The zero-order valence-corrected chi connectivity index (χ0v) is 18.9. The van der Waals surface area contributed by atoms with E-state index in [0.29, 0.717) is 12.0 Å². The topological polar surface area (TPSA) is 35.6 Å². The van der Waals surface area contributed by atoms with Gasteiger partial charge in [-0.2, -0.15) is 0 Å². The van der Waals surface area contributed by atoms with Gasteiger partial charge in [-0.3, -0.25) is 9.69 Å². The monoisotopic (exact) mass is 417 g/mol. The van der Waals surface area contributed by atoms with Crippen LogP contribution in [0, 0.1) is 0 Å². The van der Waals surface area contributed by atoms with Crippen LogP contribution in [0.25, 0.3) is 0 Å². The summed E-state index contributed by atoms with van der Waals surface area (Å²) < 4.78 is 0. The van der Waals surface area contributed by atoms with Crippen molar-refractivity contribution in [2.24, 2.45) is 0 Å².